The Morgan fingerprint density at radius 2 is 1.75 bits per heavy atom. The number of hydrogen-bond acceptors (Lipinski definition) is 3. The number of aromatic nitrogens is 1. The van der Waals surface area contributed by atoms with E-state index in [2.05, 4.69) is 4.98 Å². The molecule has 4 nitrogen and oxygen atoms in total. The van der Waals surface area contributed by atoms with Gasteiger partial charge in [-0.1, -0.05) is 35.3 Å². The molecule has 1 aromatic heterocycles. The molecule has 0 aliphatic rings. The molecule has 20 heavy (non-hydrogen) atoms. The van der Waals surface area contributed by atoms with E-state index in [-0.39, 0.29) is 17.0 Å². The van der Waals surface area contributed by atoms with Gasteiger partial charge in [-0.05, 0) is 24.3 Å². The first-order valence-electron chi connectivity index (χ1n) is 5.65. The van der Waals surface area contributed by atoms with E-state index in [0.29, 0.717) is 21.2 Å². The van der Waals surface area contributed by atoms with Crippen molar-refractivity contribution in [2.75, 3.05) is 0 Å². The Morgan fingerprint density at radius 1 is 1.10 bits per heavy atom. The van der Waals surface area contributed by atoms with Gasteiger partial charge in [0, 0.05) is 0 Å². The molecule has 0 bridgehead atoms. The summed E-state index contributed by atoms with van der Waals surface area (Å²) in [5.74, 6) is -0.870. The van der Waals surface area contributed by atoms with E-state index in [9.17, 15) is 4.79 Å². The average Bonchev–Trinajstić information content (AvgIpc) is 2.81. The van der Waals surface area contributed by atoms with Gasteiger partial charge < -0.3 is 9.52 Å². The lowest BCUT2D eigenvalue weighted by Gasteiger charge is -2.01. The number of oxazole rings is 1. The fourth-order valence-corrected chi connectivity index (χ4v) is 2.49. The normalized spacial score (nSPS) is 10.9. The number of hydrogen-bond donors (Lipinski definition) is 1. The molecule has 0 aliphatic carbocycles. The summed E-state index contributed by atoms with van der Waals surface area (Å²) >= 11 is 12.2. The first-order valence-corrected chi connectivity index (χ1v) is 6.41. The number of fused-ring (bicyclic) bond motifs is 1. The van der Waals surface area contributed by atoms with Crippen LogP contribution in [0, 0.1) is 0 Å². The molecule has 0 amide bonds. The van der Waals surface area contributed by atoms with Gasteiger partial charge in [0.1, 0.15) is 5.52 Å². The number of carbonyl (C=O) groups is 1. The third kappa shape index (κ3) is 2.03. The van der Waals surface area contributed by atoms with Crippen LogP contribution in [0.2, 0.25) is 10.0 Å². The maximum Gasteiger partial charge on any atom is 0.338 e. The van der Waals surface area contributed by atoms with Gasteiger partial charge in [-0.25, -0.2) is 9.78 Å². The smallest absolute Gasteiger partial charge is 0.338 e. The van der Waals surface area contributed by atoms with Crippen LogP contribution in [0.1, 0.15) is 10.4 Å². The van der Waals surface area contributed by atoms with E-state index >= 15 is 0 Å². The molecule has 1 heterocycles. The zero-order valence-electron chi connectivity index (χ0n) is 9.93. The van der Waals surface area contributed by atoms with Gasteiger partial charge in [0.15, 0.2) is 5.58 Å². The van der Waals surface area contributed by atoms with Crippen LogP contribution >= 0.6 is 23.2 Å². The highest BCUT2D eigenvalue weighted by Gasteiger charge is 2.18. The third-order valence-corrected chi connectivity index (χ3v) is 3.46. The Morgan fingerprint density at radius 3 is 2.40 bits per heavy atom. The highest BCUT2D eigenvalue weighted by atomic mass is 35.5. The van der Waals surface area contributed by atoms with Gasteiger partial charge in [0.05, 0.1) is 21.2 Å². The molecule has 0 atom stereocenters. The average molecular weight is 308 g/mol. The summed E-state index contributed by atoms with van der Waals surface area (Å²) in [5, 5.41) is 9.92. The Bertz CT molecular complexity index is 806. The van der Waals surface area contributed by atoms with Crippen LogP contribution in [0.15, 0.2) is 40.8 Å². The first-order chi connectivity index (χ1) is 9.58. The molecule has 0 saturated carbocycles. The Labute approximate surface area is 123 Å². The summed E-state index contributed by atoms with van der Waals surface area (Å²) in [5.41, 5.74) is 1.16. The molecule has 100 valence electrons. The zero-order valence-corrected chi connectivity index (χ0v) is 11.4. The van der Waals surface area contributed by atoms with Gasteiger partial charge in [-0.2, -0.15) is 0 Å². The predicted molar refractivity (Wildman–Crippen MR) is 76.4 cm³/mol. The molecule has 0 saturated heterocycles. The number of carboxylic acids is 1. The van der Waals surface area contributed by atoms with Gasteiger partial charge in [-0.3, -0.25) is 0 Å². The van der Waals surface area contributed by atoms with E-state index in [1.54, 1.807) is 30.3 Å². The summed E-state index contributed by atoms with van der Waals surface area (Å²) in [7, 11) is 0. The van der Waals surface area contributed by atoms with Crippen LogP contribution in [0.4, 0.5) is 0 Å². The SMILES string of the molecule is O=C(O)c1cccc2oc(-c3c(Cl)cccc3Cl)nc12. The van der Waals surface area contributed by atoms with Crippen molar-refractivity contribution in [1.82, 2.24) is 4.98 Å². The highest BCUT2D eigenvalue weighted by molar-refractivity contribution is 6.39. The third-order valence-electron chi connectivity index (χ3n) is 2.83. The Balaban J connectivity index is 2.29. The van der Waals surface area contributed by atoms with E-state index in [4.69, 9.17) is 32.7 Å². The number of aromatic carboxylic acids is 1. The largest absolute Gasteiger partial charge is 0.478 e. The number of rotatable bonds is 2. The molecule has 0 aliphatic heterocycles. The molecular weight excluding hydrogens is 301 g/mol. The molecule has 3 aromatic rings. The number of benzene rings is 2. The van der Waals surface area contributed by atoms with Gasteiger partial charge in [0.25, 0.3) is 0 Å². The van der Waals surface area contributed by atoms with E-state index < -0.39 is 5.97 Å². The second-order valence-electron chi connectivity index (χ2n) is 4.07. The van der Waals surface area contributed by atoms with Crippen LogP contribution in [-0.4, -0.2) is 16.1 Å². The number of carboxylic acid groups (broad SMARTS) is 1. The van der Waals surface area contributed by atoms with Crippen LogP contribution in [-0.2, 0) is 0 Å². The number of halogens is 2. The topological polar surface area (TPSA) is 63.3 Å². The lowest BCUT2D eigenvalue weighted by atomic mass is 10.2. The second kappa shape index (κ2) is 4.81. The molecule has 0 unspecified atom stereocenters. The van der Waals surface area contributed by atoms with Crippen molar-refractivity contribution < 1.29 is 14.3 Å². The summed E-state index contributed by atoms with van der Waals surface area (Å²) in [6.45, 7) is 0. The fraction of sp³-hybridized carbons (Fsp3) is 0. The minimum atomic E-state index is -1.07. The Hall–Kier alpha value is -2.04. The van der Waals surface area contributed by atoms with Gasteiger partial charge >= 0.3 is 5.97 Å². The first kappa shape index (κ1) is 13.0. The van der Waals surface area contributed by atoms with Crippen LogP contribution in [0.5, 0.6) is 0 Å². The highest BCUT2D eigenvalue weighted by Crippen LogP contribution is 2.36. The number of para-hydroxylation sites is 1. The van der Waals surface area contributed by atoms with Crippen LogP contribution < -0.4 is 0 Å². The second-order valence-corrected chi connectivity index (χ2v) is 4.89. The summed E-state index contributed by atoms with van der Waals surface area (Å²) < 4.78 is 5.56. The quantitative estimate of drug-likeness (QED) is 0.757. The molecule has 3 rings (SSSR count). The summed E-state index contributed by atoms with van der Waals surface area (Å²) in [6, 6.07) is 9.73. The fourth-order valence-electron chi connectivity index (χ4n) is 1.93. The molecule has 0 fully saturated rings. The minimum Gasteiger partial charge on any atom is -0.478 e. The number of nitrogens with zero attached hydrogens (tertiary/aromatic N) is 1. The van der Waals surface area contributed by atoms with Gasteiger partial charge in [0.2, 0.25) is 5.89 Å². The van der Waals surface area contributed by atoms with Crippen LogP contribution in [0.25, 0.3) is 22.6 Å². The van der Waals surface area contributed by atoms with Gasteiger partial charge in [-0.15, -0.1) is 0 Å². The zero-order chi connectivity index (χ0) is 14.3. The molecule has 1 N–H and O–H groups in total. The van der Waals surface area contributed by atoms with Crippen molar-refractivity contribution in [2.24, 2.45) is 0 Å². The van der Waals surface area contributed by atoms with Crippen molar-refractivity contribution in [3.05, 3.63) is 52.0 Å². The maximum absolute atomic E-state index is 11.2. The standard InChI is InChI=1S/C14H7Cl2NO3/c15-8-4-2-5-9(16)11(8)13-17-12-7(14(18)19)3-1-6-10(12)20-13/h1-6H,(H,18,19). The lowest BCUT2D eigenvalue weighted by Crippen LogP contribution is -1.96. The lowest BCUT2D eigenvalue weighted by molar-refractivity contribution is 0.0699. The van der Waals surface area contributed by atoms with E-state index in [0.717, 1.165) is 0 Å². The molecular formula is C14H7Cl2NO3. The molecule has 2 aromatic carbocycles. The molecule has 6 heteroatoms. The monoisotopic (exact) mass is 307 g/mol. The van der Waals surface area contributed by atoms with E-state index in [1.807, 2.05) is 0 Å². The molecule has 0 spiro atoms. The summed E-state index contributed by atoms with van der Waals surface area (Å²) in [4.78, 5) is 15.4. The van der Waals surface area contributed by atoms with Crippen molar-refractivity contribution in [3.8, 4) is 11.5 Å². The molecule has 0 radical (unpaired) electrons. The maximum atomic E-state index is 11.2. The summed E-state index contributed by atoms with van der Waals surface area (Å²) in [6.07, 6.45) is 0. The van der Waals surface area contributed by atoms with Crippen LogP contribution in [0.3, 0.4) is 0 Å². The Kier molecular flexibility index (Phi) is 3.12. The predicted octanol–water partition coefficient (Wildman–Crippen LogP) is 4.50. The minimum absolute atomic E-state index is 0.0701. The van der Waals surface area contributed by atoms with Crippen molar-refractivity contribution in [3.63, 3.8) is 0 Å². The van der Waals surface area contributed by atoms with E-state index in [1.165, 1.54) is 6.07 Å². The van der Waals surface area contributed by atoms with Crippen molar-refractivity contribution in [1.29, 1.82) is 0 Å². The van der Waals surface area contributed by atoms with Crippen molar-refractivity contribution in [2.45, 2.75) is 0 Å². The van der Waals surface area contributed by atoms with Crippen molar-refractivity contribution >= 4 is 40.3 Å².